The van der Waals surface area contributed by atoms with Gasteiger partial charge in [0.1, 0.15) is 12.4 Å². The van der Waals surface area contributed by atoms with Crippen molar-refractivity contribution >= 4 is 0 Å². The summed E-state index contributed by atoms with van der Waals surface area (Å²) in [5.74, 6) is 1.34. The Morgan fingerprint density at radius 3 is 2.94 bits per heavy atom. The lowest BCUT2D eigenvalue weighted by Crippen LogP contribution is -2.36. The maximum Gasteiger partial charge on any atom is 0.123 e. The van der Waals surface area contributed by atoms with Crippen LogP contribution >= 0.6 is 0 Å². The summed E-state index contributed by atoms with van der Waals surface area (Å²) in [6.45, 7) is 7.39. The number of aliphatic hydroxyl groups excluding tert-OH is 1. The summed E-state index contributed by atoms with van der Waals surface area (Å²) in [4.78, 5) is 2.28. The van der Waals surface area contributed by atoms with Crippen molar-refractivity contribution in [3.63, 3.8) is 0 Å². The van der Waals surface area contributed by atoms with Crippen molar-refractivity contribution in [1.82, 2.24) is 4.90 Å². The lowest BCUT2D eigenvalue weighted by molar-refractivity contribution is 0.0635. The van der Waals surface area contributed by atoms with Gasteiger partial charge in [-0.1, -0.05) is 38.5 Å². The second kappa shape index (κ2) is 6.21. The Morgan fingerprint density at radius 1 is 1.39 bits per heavy atom. The molecule has 1 aromatic carbocycles. The van der Waals surface area contributed by atoms with Gasteiger partial charge in [0.15, 0.2) is 0 Å². The first-order chi connectivity index (χ1) is 8.70. The lowest BCUT2D eigenvalue weighted by Gasteiger charge is -2.25. The highest BCUT2D eigenvalue weighted by Crippen LogP contribution is 2.23. The summed E-state index contributed by atoms with van der Waals surface area (Å²) in [5.41, 5.74) is 1.21. The summed E-state index contributed by atoms with van der Waals surface area (Å²) in [5, 5.41) is 10.1. The molecule has 18 heavy (non-hydrogen) atoms. The molecule has 1 aliphatic heterocycles. The van der Waals surface area contributed by atoms with Gasteiger partial charge >= 0.3 is 0 Å². The quantitative estimate of drug-likeness (QED) is 0.888. The van der Waals surface area contributed by atoms with Crippen molar-refractivity contribution < 1.29 is 9.84 Å². The number of ether oxygens (including phenoxy) is 1. The van der Waals surface area contributed by atoms with E-state index in [2.05, 4.69) is 24.8 Å². The SMILES string of the molecule is CCC(C)C(O)CN1CCOc2ccccc2C1. The van der Waals surface area contributed by atoms with Gasteiger partial charge in [-0.05, 0) is 12.0 Å². The number of benzene rings is 1. The van der Waals surface area contributed by atoms with E-state index >= 15 is 0 Å². The molecule has 1 N–H and O–H groups in total. The molecule has 100 valence electrons. The van der Waals surface area contributed by atoms with Crippen LogP contribution in [0.3, 0.4) is 0 Å². The first-order valence-corrected chi connectivity index (χ1v) is 6.81. The molecule has 0 aromatic heterocycles. The van der Waals surface area contributed by atoms with Gasteiger partial charge in [0.2, 0.25) is 0 Å². The molecule has 0 radical (unpaired) electrons. The normalized spacial score (nSPS) is 19.5. The zero-order chi connectivity index (χ0) is 13.0. The minimum Gasteiger partial charge on any atom is -0.492 e. The minimum absolute atomic E-state index is 0.250. The Balaban J connectivity index is 1.99. The number of hydrogen-bond acceptors (Lipinski definition) is 3. The predicted octanol–water partition coefficient (Wildman–Crippen LogP) is 2.29. The molecule has 0 saturated heterocycles. The Bertz CT molecular complexity index is 381. The maximum atomic E-state index is 10.1. The second-order valence-electron chi connectivity index (χ2n) is 5.14. The molecule has 0 saturated carbocycles. The van der Waals surface area contributed by atoms with E-state index in [0.29, 0.717) is 12.5 Å². The van der Waals surface area contributed by atoms with E-state index in [0.717, 1.165) is 31.8 Å². The number of nitrogens with zero attached hydrogens (tertiary/aromatic N) is 1. The summed E-state index contributed by atoms with van der Waals surface area (Å²) in [7, 11) is 0. The van der Waals surface area contributed by atoms with Gasteiger partial charge in [-0.15, -0.1) is 0 Å². The number of aliphatic hydroxyl groups is 1. The molecule has 0 aliphatic carbocycles. The fourth-order valence-corrected chi connectivity index (χ4v) is 2.25. The zero-order valence-electron chi connectivity index (χ0n) is 11.3. The molecule has 0 amide bonds. The van der Waals surface area contributed by atoms with Crippen molar-refractivity contribution in [2.45, 2.75) is 32.9 Å². The third-order valence-corrected chi connectivity index (χ3v) is 3.78. The van der Waals surface area contributed by atoms with E-state index in [9.17, 15) is 5.11 Å². The first-order valence-electron chi connectivity index (χ1n) is 6.81. The fourth-order valence-electron chi connectivity index (χ4n) is 2.25. The predicted molar refractivity (Wildman–Crippen MR) is 72.7 cm³/mol. The topological polar surface area (TPSA) is 32.7 Å². The Labute approximate surface area is 109 Å². The molecular formula is C15H23NO2. The monoisotopic (exact) mass is 249 g/mol. The van der Waals surface area contributed by atoms with Crippen LogP contribution < -0.4 is 4.74 Å². The van der Waals surface area contributed by atoms with Gasteiger partial charge in [0.25, 0.3) is 0 Å². The molecule has 2 unspecified atom stereocenters. The Morgan fingerprint density at radius 2 is 2.17 bits per heavy atom. The molecule has 1 aromatic rings. The number of β-amino-alcohol motifs (C(OH)–C–C–N with tert-alkyl or cyclic N) is 1. The number of fused-ring (bicyclic) bond motifs is 1. The third kappa shape index (κ3) is 3.24. The van der Waals surface area contributed by atoms with Crippen LogP contribution in [-0.4, -0.2) is 35.8 Å². The lowest BCUT2D eigenvalue weighted by atomic mass is 10.0. The van der Waals surface area contributed by atoms with Gasteiger partial charge in [0, 0.05) is 25.2 Å². The van der Waals surface area contributed by atoms with Crippen LogP contribution in [0, 0.1) is 5.92 Å². The van der Waals surface area contributed by atoms with Crippen LogP contribution in [-0.2, 0) is 6.54 Å². The van der Waals surface area contributed by atoms with Crippen molar-refractivity contribution in [3.8, 4) is 5.75 Å². The molecule has 3 nitrogen and oxygen atoms in total. The van der Waals surface area contributed by atoms with Crippen molar-refractivity contribution in [2.75, 3.05) is 19.7 Å². The number of rotatable bonds is 4. The molecule has 0 fully saturated rings. The van der Waals surface area contributed by atoms with Crippen LogP contribution in [0.4, 0.5) is 0 Å². The highest BCUT2D eigenvalue weighted by Gasteiger charge is 2.20. The average Bonchev–Trinajstić information content (AvgIpc) is 2.59. The highest BCUT2D eigenvalue weighted by molar-refractivity contribution is 5.33. The summed E-state index contributed by atoms with van der Waals surface area (Å²) in [6.07, 6.45) is 0.766. The standard InChI is InChI=1S/C15H23NO2/c1-3-12(2)14(17)11-16-8-9-18-15-7-5-4-6-13(15)10-16/h4-7,12,14,17H,3,8-11H2,1-2H3. The highest BCUT2D eigenvalue weighted by atomic mass is 16.5. The Kier molecular flexibility index (Phi) is 4.61. The van der Waals surface area contributed by atoms with E-state index in [4.69, 9.17) is 4.74 Å². The van der Waals surface area contributed by atoms with E-state index < -0.39 is 0 Å². The molecular weight excluding hydrogens is 226 g/mol. The molecule has 3 heteroatoms. The maximum absolute atomic E-state index is 10.1. The largest absolute Gasteiger partial charge is 0.492 e. The van der Waals surface area contributed by atoms with Gasteiger partial charge in [0.05, 0.1) is 6.10 Å². The van der Waals surface area contributed by atoms with Crippen LogP contribution in [0.5, 0.6) is 5.75 Å². The van der Waals surface area contributed by atoms with E-state index in [1.165, 1.54) is 5.56 Å². The zero-order valence-corrected chi connectivity index (χ0v) is 11.3. The fraction of sp³-hybridized carbons (Fsp3) is 0.600. The van der Waals surface area contributed by atoms with Crippen LogP contribution in [0.25, 0.3) is 0 Å². The molecule has 1 heterocycles. The van der Waals surface area contributed by atoms with E-state index in [-0.39, 0.29) is 6.10 Å². The van der Waals surface area contributed by atoms with Crippen molar-refractivity contribution in [2.24, 2.45) is 5.92 Å². The first kappa shape index (κ1) is 13.4. The summed E-state index contributed by atoms with van der Waals surface area (Å²) < 4.78 is 5.72. The molecule has 1 aliphatic rings. The van der Waals surface area contributed by atoms with Gasteiger partial charge in [-0.3, -0.25) is 4.90 Å². The minimum atomic E-state index is -0.250. The van der Waals surface area contributed by atoms with Crippen LogP contribution in [0.15, 0.2) is 24.3 Å². The summed E-state index contributed by atoms with van der Waals surface area (Å²) >= 11 is 0. The third-order valence-electron chi connectivity index (χ3n) is 3.78. The van der Waals surface area contributed by atoms with Crippen molar-refractivity contribution in [1.29, 1.82) is 0 Å². The number of hydrogen-bond donors (Lipinski definition) is 1. The van der Waals surface area contributed by atoms with Gasteiger partial charge in [-0.25, -0.2) is 0 Å². The van der Waals surface area contributed by atoms with Gasteiger partial charge < -0.3 is 9.84 Å². The molecule has 0 spiro atoms. The van der Waals surface area contributed by atoms with Crippen LogP contribution in [0.1, 0.15) is 25.8 Å². The van der Waals surface area contributed by atoms with Crippen LogP contribution in [0.2, 0.25) is 0 Å². The second-order valence-corrected chi connectivity index (χ2v) is 5.14. The van der Waals surface area contributed by atoms with E-state index in [1.807, 2.05) is 18.2 Å². The van der Waals surface area contributed by atoms with E-state index in [1.54, 1.807) is 0 Å². The van der Waals surface area contributed by atoms with Gasteiger partial charge in [-0.2, -0.15) is 0 Å². The summed E-state index contributed by atoms with van der Waals surface area (Å²) in [6, 6.07) is 8.16. The smallest absolute Gasteiger partial charge is 0.123 e. The Hall–Kier alpha value is -1.06. The molecule has 0 bridgehead atoms. The average molecular weight is 249 g/mol. The molecule has 2 atom stereocenters. The number of para-hydroxylation sites is 1. The van der Waals surface area contributed by atoms with Crippen molar-refractivity contribution in [3.05, 3.63) is 29.8 Å². The molecule has 2 rings (SSSR count).